The molecular formula is C15H19NO3S. The van der Waals surface area contributed by atoms with Gasteiger partial charge in [0.1, 0.15) is 5.69 Å². The van der Waals surface area contributed by atoms with Crippen molar-refractivity contribution in [1.29, 1.82) is 0 Å². The number of hydrogen-bond acceptors (Lipinski definition) is 3. The Labute approximate surface area is 121 Å². The number of pyridine rings is 1. The van der Waals surface area contributed by atoms with E-state index in [0.29, 0.717) is 17.8 Å². The maximum absolute atomic E-state index is 12.6. The second-order valence-corrected chi connectivity index (χ2v) is 6.75. The van der Waals surface area contributed by atoms with Crippen LogP contribution < -0.4 is 5.56 Å². The molecule has 0 fully saturated rings. The van der Waals surface area contributed by atoms with Gasteiger partial charge in [-0.25, -0.2) is 4.79 Å². The summed E-state index contributed by atoms with van der Waals surface area (Å²) in [5, 5.41) is 10.0. The molecule has 108 valence electrons. The highest BCUT2D eigenvalue weighted by molar-refractivity contribution is 7.19. The molecular weight excluding hydrogens is 274 g/mol. The van der Waals surface area contributed by atoms with Crippen LogP contribution in [0.1, 0.15) is 41.2 Å². The Bertz CT molecular complexity index is 725. The molecule has 20 heavy (non-hydrogen) atoms. The first-order chi connectivity index (χ1) is 9.32. The minimum atomic E-state index is -1.04. The van der Waals surface area contributed by atoms with Crippen LogP contribution in [0.4, 0.5) is 0 Å². The zero-order valence-electron chi connectivity index (χ0n) is 12.2. The van der Waals surface area contributed by atoms with Gasteiger partial charge in [-0.1, -0.05) is 13.8 Å². The summed E-state index contributed by atoms with van der Waals surface area (Å²) in [5.41, 5.74) is 0.872. The van der Waals surface area contributed by atoms with Gasteiger partial charge in [-0.2, -0.15) is 0 Å². The predicted octanol–water partition coefficient (Wildman–Crippen LogP) is 3.42. The summed E-state index contributed by atoms with van der Waals surface area (Å²) in [5.74, 6) is -0.624. The van der Waals surface area contributed by atoms with Crippen molar-refractivity contribution in [3.05, 3.63) is 32.6 Å². The molecule has 1 N–H and O–H groups in total. The normalized spacial score (nSPS) is 11.4. The van der Waals surface area contributed by atoms with Gasteiger partial charge in [0.05, 0.1) is 5.39 Å². The summed E-state index contributed by atoms with van der Waals surface area (Å²) >= 11 is 1.48. The van der Waals surface area contributed by atoms with Crippen LogP contribution in [0.15, 0.2) is 10.9 Å². The lowest BCUT2D eigenvalue weighted by molar-refractivity contribution is 0.0683. The largest absolute Gasteiger partial charge is 0.477 e. The van der Waals surface area contributed by atoms with Gasteiger partial charge in [-0.05, 0) is 37.8 Å². The summed E-state index contributed by atoms with van der Waals surface area (Å²) in [6.07, 6.45) is 0.786. The van der Waals surface area contributed by atoms with Crippen molar-refractivity contribution < 1.29 is 9.90 Å². The van der Waals surface area contributed by atoms with Gasteiger partial charge in [0, 0.05) is 16.1 Å². The lowest BCUT2D eigenvalue weighted by Crippen LogP contribution is -2.26. The third-order valence-corrected chi connectivity index (χ3v) is 4.73. The van der Waals surface area contributed by atoms with Crippen molar-refractivity contribution in [3.63, 3.8) is 0 Å². The fourth-order valence-corrected chi connectivity index (χ4v) is 3.35. The first kappa shape index (κ1) is 14.8. The number of fused-ring (bicyclic) bond motifs is 1. The third-order valence-electron chi connectivity index (χ3n) is 3.58. The molecule has 2 aromatic rings. The van der Waals surface area contributed by atoms with Crippen LogP contribution in [0.25, 0.3) is 10.1 Å². The molecule has 0 aliphatic rings. The van der Waals surface area contributed by atoms with Gasteiger partial charge in [0.2, 0.25) is 0 Å². The molecule has 2 rings (SSSR count). The highest BCUT2D eigenvalue weighted by atomic mass is 32.1. The number of carbonyl (C=O) groups is 1. The van der Waals surface area contributed by atoms with Crippen molar-refractivity contribution in [3.8, 4) is 0 Å². The van der Waals surface area contributed by atoms with Crippen LogP contribution >= 0.6 is 11.3 Å². The fourth-order valence-electron chi connectivity index (χ4n) is 2.25. The van der Waals surface area contributed by atoms with E-state index in [1.807, 2.05) is 13.8 Å². The molecule has 2 heterocycles. The minimum absolute atomic E-state index is 0.0874. The molecule has 0 aromatic carbocycles. The standard InChI is InChI=1S/C15H19NO3S/c1-8(2)5-6-16-11(15(18)19)7-12-13(14(16)17)9(3)10(4)20-12/h7-8H,5-6H2,1-4H3,(H,18,19). The van der Waals surface area contributed by atoms with Crippen molar-refractivity contribution in [2.45, 2.75) is 40.7 Å². The summed E-state index contributed by atoms with van der Waals surface area (Å²) in [6.45, 7) is 8.44. The van der Waals surface area contributed by atoms with Crippen molar-refractivity contribution >= 4 is 27.4 Å². The van der Waals surface area contributed by atoms with Gasteiger partial charge in [-0.3, -0.25) is 4.79 Å². The lowest BCUT2D eigenvalue weighted by Gasteiger charge is -2.12. The van der Waals surface area contributed by atoms with Crippen LogP contribution in [0.3, 0.4) is 0 Å². The molecule has 0 spiro atoms. The van der Waals surface area contributed by atoms with E-state index >= 15 is 0 Å². The van der Waals surface area contributed by atoms with E-state index < -0.39 is 5.97 Å². The van der Waals surface area contributed by atoms with E-state index in [4.69, 9.17) is 0 Å². The van der Waals surface area contributed by atoms with Gasteiger partial charge >= 0.3 is 5.97 Å². The number of hydrogen-bond donors (Lipinski definition) is 1. The predicted molar refractivity (Wildman–Crippen MR) is 82.0 cm³/mol. The van der Waals surface area contributed by atoms with Crippen LogP contribution in [0, 0.1) is 19.8 Å². The molecule has 5 heteroatoms. The van der Waals surface area contributed by atoms with Gasteiger partial charge in [-0.15, -0.1) is 11.3 Å². The molecule has 0 bridgehead atoms. The topological polar surface area (TPSA) is 59.3 Å². The summed E-state index contributed by atoms with van der Waals surface area (Å²) < 4.78 is 2.17. The number of aryl methyl sites for hydroxylation is 2. The number of nitrogens with zero attached hydrogens (tertiary/aromatic N) is 1. The molecule has 0 atom stereocenters. The smallest absolute Gasteiger partial charge is 0.352 e. The van der Waals surface area contributed by atoms with E-state index in [0.717, 1.165) is 21.6 Å². The Balaban J connectivity index is 2.72. The average molecular weight is 293 g/mol. The quantitative estimate of drug-likeness (QED) is 0.939. The maximum Gasteiger partial charge on any atom is 0.352 e. The molecule has 0 aliphatic heterocycles. The summed E-state index contributed by atoms with van der Waals surface area (Å²) in [4.78, 5) is 25.1. The van der Waals surface area contributed by atoms with Gasteiger partial charge in [0.25, 0.3) is 5.56 Å². The number of aromatic carboxylic acids is 1. The third kappa shape index (κ3) is 2.50. The maximum atomic E-state index is 12.6. The molecule has 0 aliphatic carbocycles. The number of rotatable bonds is 4. The van der Waals surface area contributed by atoms with E-state index in [-0.39, 0.29) is 11.3 Å². The minimum Gasteiger partial charge on any atom is -0.477 e. The number of carboxylic acid groups (broad SMARTS) is 1. The summed E-state index contributed by atoms with van der Waals surface area (Å²) in [7, 11) is 0. The van der Waals surface area contributed by atoms with Crippen molar-refractivity contribution in [1.82, 2.24) is 4.57 Å². The Kier molecular flexibility index (Phi) is 3.99. The molecule has 4 nitrogen and oxygen atoms in total. The Morgan fingerprint density at radius 1 is 1.40 bits per heavy atom. The Morgan fingerprint density at radius 3 is 2.60 bits per heavy atom. The molecule has 0 unspecified atom stereocenters. The van der Waals surface area contributed by atoms with E-state index in [9.17, 15) is 14.7 Å². The highest BCUT2D eigenvalue weighted by Crippen LogP contribution is 2.28. The van der Waals surface area contributed by atoms with Gasteiger partial charge in [0.15, 0.2) is 0 Å². The van der Waals surface area contributed by atoms with Crippen LogP contribution in [-0.2, 0) is 6.54 Å². The SMILES string of the molecule is Cc1sc2cc(C(=O)O)n(CCC(C)C)c(=O)c2c1C. The molecule has 0 radical (unpaired) electrons. The van der Waals surface area contributed by atoms with E-state index in [1.165, 1.54) is 15.9 Å². The molecule has 2 aromatic heterocycles. The van der Waals surface area contributed by atoms with Gasteiger partial charge < -0.3 is 9.67 Å². The van der Waals surface area contributed by atoms with E-state index in [1.54, 1.807) is 6.07 Å². The first-order valence-electron chi connectivity index (χ1n) is 6.69. The Morgan fingerprint density at radius 2 is 2.05 bits per heavy atom. The zero-order chi connectivity index (χ0) is 15.0. The van der Waals surface area contributed by atoms with Crippen LogP contribution in [0.2, 0.25) is 0 Å². The van der Waals surface area contributed by atoms with E-state index in [2.05, 4.69) is 13.8 Å². The fraction of sp³-hybridized carbons (Fsp3) is 0.467. The lowest BCUT2D eigenvalue weighted by atomic mass is 10.1. The molecule has 0 saturated carbocycles. The van der Waals surface area contributed by atoms with Crippen molar-refractivity contribution in [2.24, 2.45) is 5.92 Å². The zero-order valence-corrected chi connectivity index (χ0v) is 13.0. The highest BCUT2D eigenvalue weighted by Gasteiger charge is 2.18. The number of thiophene rings is 1. The van der Waals surface area contributed by atoms with Crippen LogP contribution in [0.5, 0.6) is 0 Å². The second kappa shape index (κ2) is 5.40. The average Bonchev–Trinajstić information content (AvgIpc) is 2.63. The van der Waals surface area contributed by atoms with Crippen LogP contribution in [-0.4, -0.2) is 15.6 Å². The monoisotopic (exact) mass is 293 g/mol. The molecule has 0 amide bonds. The molecule has 0 saturated heterocycles. The first-order valence-corrected chi connectivity index (χ1v) is 7.51. The van der Waals surface area contributed by atoms with Crippen molar-refractivity contribution in [2.75, 3.05) is 0 Å². The second-order valence-electron chi connectivity index (χ2n) is 5.50. The summed E-state index contributed by atoms with van der Waals surface area (Å²) in [6, 6.07) is 1.63. The Hall–Kier alpha value is -1.62. The number of aromatic nitrogens is 1. The number of carboxylic acids is 1.